The highest BCUT2D eigenvalue weighted by molar-refractivity contribution is 5.92. The van der Waals surface area contributed by atoms with E-state index in [4.69, 9.17) is 19.6 Å². The Morgan fingerprint density at radius 2 is 1.97 bits per heavy atom. The number of nitrogens with zero attached hydrogens (tertiary/aromatic N) is 5. The Balaban J connectivity index is 1.42. The summed E-state index contributed by atoms with van der Waals surface area (Å²) >= 11 is 0. The quantitative estimate of drug-likeness (QED) is 0.466. The molecule has 1 atom stereocenters. The normalized spacial score (nSPS) is 16.1. The summed E-state index contributed by atoms with van der Waals surface area (Å²) in [5, 5.41) is 4.77. The smallest absolute Gasteiger partial charge is 0.272 e. The second-order valence-electron chi connectivity index (χ2n) is 8.04. The lowest BCUT2D eigenvalue weighted by molar-refractivity contribution is 0.0698. The fraction of sp³-hybridized carbons (Fsp3) is 0.280. The molecule has 1 aliphatic heterocycles. The zero-order chi connectivity index (χ0) is 22.8. The third-order valence-electron chi connectivity index (χ3n) is 6.02. The molecule has 0 saturated carbocycles. The number of piperidine rings is 1. The van der Waals surface area contributed by atoms with Crippen molar-refractivity contribution in [3.63, 3.8) is 0 Å². The van der Waals surface area contributed by atoms with Gasteiger partial charge < -0.3 is 14.4 Å². The van der Waals surface area contributed by atoms with Crippen LogP contribution in [-0.2, 0) is 0 Å². The lowest BCUT2D eigenvalue weighted by Crippen LogP contribution is -2.39. The van der Waals surface area contributed by atoms with Crippen LogP contribution in [-0.4, -0.2) is 57.7 Å². The van der Waals surface area contributed by atoms with Crippen molar-refractivity contribution >= 4 is 11.6 Å². The van der Waals surface area contributed by atoms with E-state index < -0.39 is 0 Å². The van der Waals surface area contributed by atoms with Gasteiger partial charge in [-0.3, -0.25) is 9.78 Å². The summed E-state index contributed by atoms with van der Waals surface area (Å²) in [6.45, 7) is 1.31. The summed E-state index contributed by atoms with van der Waals surface area (Å²) in [6, 6.07) is 15.1. The summed E-state index contributed by atoms with van der Waals surface area (Å²) in [5.41, 5.74) is 3.10. The van der Waals surface area contributed by atoms with E-state index in [2.05, 4.69) is 4.98 Å². The van der Waals surface area contributed by atoms with E-state index in [9.17, 15) is 4.79 Å². The van der Waals surface area contributed by atoms with Crippen molar-refractivity contribution in [3.05, 3.63) is 72.4 Å². The maximum atomic E-state index is 12.9. The van der Waals surface area contributed by atoms with Crippen LogP contribution >= 0.6 is 0 Å². The second-order valence-corrected chi connectivity index (χ2v) is 8.04. The third kappa shape index (κ3) is 4.00. The van der Waals surface area contributed by atoms with E-state index >= 15 is 0 Å². The highest BCUT2D eigenvalue weighted by atomic mass is 16.5. The molecule has 8 nitrogen and oxygen atoms in total. The predicted molar refractivity (Wildman–Crippen MR) is 124 cm³/mol. The molecular weight excluding hydrogens is 418 g/mol. The van der Waals surface area contributed by atoms with Gasteiger partial charge in [-0.25, -0.2) is 9.50 Å². The average molecular weight is 444 g/mol. The van der Waals surface area contributed by atoms with Crippen LogP contribution in [0, 0.1) is 0 Å². The van der Waals surface area contributed by atoms with Gasteiger partial charge in [-0.15, -0.1) is 0 Å². The first-order valence-electron chi connectivity index (χ1n) is 11.0. The number of carbonyl (C=O) groups excluding carboxylic acids is 1. The molecule has 1 saturated heterocycles. The largest absolute Gasteiger partial charge is 0.493 e. The van der Waals surface area contributed by atoms with Crippen molar-refractivity contribution in [1.82, 2.24) is 24.5 Å². The highest BCUT2D eigenvalue weighted by Gasteiger charge is 2.28. The average Bonchev–Trinajstić information content (AvgIpc) is 3.32. The van der Waals surface area contributed by atoms with E-state index in [1.54, 1.807) is 31.0 Å². The van der Waals surface area contributed by atoms with Gasteiger partial charge in [0.2, 0.25) is 0 Å². The van der Waals surface area contributed by atoms with E-state index in [0.717, 1.165) is 42.0 Å². The first-order chi connectivity index (χ1) is 16.2. The van der Waals surface area contributed by atoms with E-state index in [-0.39, 0.29) is 11.8 Å². The molecule has 1 fully saturated rings. The second kappa shape index (κ2) is 8.90. The van der Waals surface area contributed by atoms with Crippen molar-refractivity contribution < 1.29 is 14.3 Å². The molecule has 0 radical (unpaired) electrons. The maximum absolute atomic E-state index is 12.9. The monoisotopic (exact) mass is 443 g/mol. The maximum Gasteiger partial charge on any atom is 0.272 e. The van der Waals surface area contributed by atoms with Crippen LogP contribution < -0.4 is 9.47 Å². The molecule has 3 aromatic heterocycles. The Labute approximate surface area is 191 Å². The van der Waals surface area contributed by atoms with Gasteiger partial charge in [0, 0.05) is 42.5 Å². The summed E-state index contributed by atoms with van der Waals surface area (Å²) in [7, 11) is 3.26. The van der Waals surface area contributed by atoms with Crippen molar-refractivity contribution in [1.29, 1.82) is 0 Å². The highest BCUT2D eigenvalue weighted by Crippen LogP contribution is 2.37. The number of carbonyl (C=O) groups is 1. The molecule has 0 spiro atoms. The van der Waals surface area contributed by atoms with Crippen LogP contribution in [0.5, 0.6) is 11.5 Å². The standard InChI is InChI=1S/C25H25N5O3/c1-32-21-10-5-8-19(23(21)33-2)17-11-12-22-27-24(28-30(22)16-17)18-7-6-14-29(15-18)25(31)20-9-3-4-13-26-20/h3-5,8-13,16,18H,6-7,14-15H2,1-2H3. The molecular formula is C25H25N5O3. The number of para-hydroxylation sites is 1. The van der Waals surface area contributed by atoms with Crippen molar-refractivity contribution in [2.24, 2.45) is 0 Å². The number of hydrogen-bond acceptors (Lipinski definition) is 6. The molecule has 0 bridgehead atoms. The van der Waals surface area contributed by atoms with Crippen LogP contribution in [0.25, 0.3) is 16.8 Å². The topological polar surface area (TPSA) is 81.9 Å². The number of hydrogen-bond donors (Lipinski definition) is 0. The number of pyridine rings is 2. The fourth-order valence-corrected chi connectivity index (χ4v) is 4.37. The van der Waals surface area contributed by atoms with Crippen LogP contribution in [0.15, 0.2) is 60.9 Å². The third-order valence-corrected chi connectivity index (χ3v) is 6.02. The Morgan fingerprint density at radius 3 is 2.76 bits per heavy atom. The molecule has 4 aromatic rings. The SMILES string of the molecule is COc1cccc(-c2ccc3nc(C4CCCN(C(=O)c5ccccn5)C4)nn3c2)c1OC. The number of rotatable bonds is 5. The zero-order valence-electron chi connectivity index (χ0n) is 18.6. The Kier molecular flexibility index (Phi) is 5.64. The molecule has 33 heavy (non-hydrogen) atoms. The Bertz CT molecular complexity index is 1290. The molecule has 0 aliphatic carbocycles. The summed E-state index contributed by atoms with van der Waals surface area (Å²) in [4.78, 5) is 23.7. The molecule has 168 valence electrons. The molecule has 1 amide bonds. The predicted octanol–water partition coefficient (Wildman–Crippen LogP) is 3.83. The van der Waals surface area contributed by atoms with E-state index in [1.807, 2.05) is 53.6 Å². The Hall–Kier alpha value is -3.94. The molecule has 5 rings (SSSR count). The minimum atomic E-state index is -0.0449. The van der Waals surface area contributed by atoms with Crippen molar-refractivity contribution in [2.45, 2.75) is 18.8 Å². The first kappa shape index (κ1) is 20.9. The minimum absolute atomic E-state index is 0.0449. The van der Waals surface area contributed by atoms with Gasteiger partial charge in [-0.2, -0.15) is 5.10 Å². The van der Waals surface area contributed by atoms with Crippen LogP contribution in [0.2, 0.25) is 0 Å². The number of benzene rings is 1. The number of methoxy groups -OCH3 is 2. The van der Waals surface area contributed by atoms with Gasteiger partial charge >= 0.3 is 0 Å². The van der Waals surface area contributed by atoms with Gasteiger partial charge in [0.25, 0.3) is 5.91 Å². The van der Waals surface area contributed by atoms with Gasteiger partial charge in [0.05, 0.1) is 14.2 Å². The number of aromatic nitrogens is 4. The molecule has 0 N–H and O–H groups in total. The fourth-order valence-electron chi connectivity index (χ4n) is 4.37. The van der Waals surface area contributed by atoms with Gasteiger partial charge in [-0.1, -0.05) is 18.2 Å². The summed E-state index contributed by atoms with van der Waals surface area (Å²) in [6.07, 6.45) is 5.44. The molecule has 4 heterocycles. The van der Waals surface area contributed by atoms with Gasteiger partial charge in [-0.05, 0) is 43.2 Å². The Morgan fingerprint density at radius 1 is 1.06 bits per heavy atom. The molecule has 8 heteroatoms. The van der Waals surface area contributed by atoms with Crippen LogP contribution in [0.1, 0.15) is 35.1 Å². The summed E-state index contributed by atoms with van der Waals surface area (Å²) in [5.74, 6) is 2.14. The molecule has 1 aliphatic rings. The number of ether oxygens (including phenoxy) is 2. The minimum Gasteiger partial charge on any atom is -0.493 e. The van der Waals surface area contributed by atoms with Crippen molar-refractivity contribution in [2.75, 3.05) is 27.3 Å². The van der Waals surface area contributed by atoms with Gasteiger partial charge in [0.1, 0.15) is 5.69 Å². The number of fused-ring (bicyclic) bond motifs is 1. The summed E-state index contributed by atoms with van der Waals surface area (Å²) < 4.78 is 12.8. The van der Waals surface area contributed by atoms with Crippen molar-refractivity contribution in [3.8, 4) is 22.6 Å². The number of likely N-dealkylation sites (tertiary alicyclic amines) is 1. The first-order valence-corrected chi connectivity index (χ1v) is 11.0. The molecule has 1 unspecified atom stereocenters. The van der Waals surface area contributed by atoms with E-state index in [0.29, 0.717) is 23.7 Å². The van der Waals surface area contributed by atoms with E-state index in [1.165, 1.54) is 0 Å². The van der Waals surface area contributed by atoms with Crippen LogP contribution in [0.3, 0.4) is 0 Å². The molecule has 1 aromatic carbocycles. The lowest BCUT2D eigenvalue weighted by Gasteiger charge is -2.31. The lowest BCUT2D eigenvalue weighted by atomic mass is 9.97. The van der Waals surface area contributed by atoms with Gasteiger partial charge in [0.15, 0.2) is 23.0 Å². The zero-order valence-corrected chi connectivity index (χ0v) is 18.6. The van der Waals surface area contributed by atoms with Crippen LogP contribution in [0.4, 0.5) is 0 Å². The number of amides is 1.